The molecule has 122 valence electrons. The third-order valence-electron chi connectivity index (χ3n) is 3.51. The topological polar surface area (TPSA) is 67.0 Å². The van der Waals surface area contributed by atoms with Crippen LogP contribution in [0.3, 0.4) is 0 Å². The molecule has 2 aromatic carbocycles. The fourth-order valence-corrected chi connectivity index (χ4v) is 2.28. The summed E-state index contributed by atoms with van der Waals surface area (Å²) in [5.41, 5.74) is 1.97. The first kappa shape index (κ1) is 15.7. The van der Waals surface area contributed by atoms with Crippen LogP contribution in [0.5, 0.6) is 5.75 Å². The second-order valence-corrected chi connectivity index (χ2v) is 5.32. The molecule has 1 aromatic heterocycles. The van der Waals surface area contributed by atoms with E-state index in [-0.39, 0.29) is 17.2 Å². The number of hydrogen-bond donors (Lipinski definition) is 2. The molecule has 6 heteroatoms. The van der Waals surface area contributed by atoms with E-state index in [1.54, 1.807) is 50.4 Å². The summed E-state index contributed by atoms with van der Waals surface area (Å²) in [7, 11) is 1.58. The number of nitrogens with one attached hydrogen (secondary N) is 2. The Balaban J connectivity index is 1.95. The number of rotatable bonds is 4. The number of anilines is 2. The first-order valence-electron chi connectivity index (χ1n) is 7.34. The maximum Gasteiger partial charge on any atom is 0.252 e. The predicted molar refractivity (Wildman–Crippen MR) is 91.3 cm³/mol. The van der Waals surface area contributed by atoms with E-state index in [1.807, 2.05) is 0 Å². The first-order valence-corrected chi connectivity index (χ1v) is 7.34. The Hall–Kier alpha value is -3.15. The van der Waals surface area contributed by atoms with Crippen molar-refractivity contribution in [2.45, 2.75) is 6.92 Å². The van der Waals surface area contributed by atoms with Gasteiger partial charge in [-0.2, -0.15) is 0 Å². The van der Waals surface area contributed by atoms with Crippen LogP contribution in [-0.4, -0.2) is 17.1 Å². The summed E-state index contributed by atoms with van der Waals surface area (Å²) in [6.07, 6.45) is 0. The Bertz CT molecular complexity index is 920. The molecular formula is C18H16FN3O2. The zero-order valence-electron chi connectivity index (χ0n) is 13.3. The molecule has 0 fully saturated rings. The average Bonchev–Trinajstić information content (AvgIpc) is 2.57. The highest BCUT2D eigenvalue weighted by Crippen LogP contribution is 2.22. The molecule has 0 bridgehead atoms. The minimum absolute atomic E-state index is 0.177. The van der Waals surface area contributed by atoms with Gasteiger partial charge in [0.05, 0.1) is 18.5 Å². The second kappa shape index (κ2) is 6.54. The van der Waals surface area contributed by atoms with Crippen LogP contribution in [0.1, 0.15) is 5.56 Å². The molecular weight excluding hydrogens is 309 g/mol. The highest BCUT2D eigenvalue weighted by Gasteiger charge is 2.07. The van der Waals surface area contributed by atoms with E-state index in [0.717, 1.165) is 11.1 Å². The maximum absolute atomic E-state index is 13.9. The van der Waals surface area contributed by atoms with Gasteiger partial charge in [0.1, 0.15) is 11.6 Å². The molecule has 0 atom stereocenters. The number of hydrogen-bond acceptors (Lipinski definition) is 4. The van der Waals surface area contributed by atoms with E-state index in [1.165, 1.54) is 12.1 Å². The minimum Gasteiger partial charge on any atom is -0.497 e. The molecule has 2 N–H and O–H groups in total. The van der Waals surface area contributed by atoms with Crippen LogP contribution < -0.4 is 15.6 Å². The zero-order valence-corrected chi connectivity index (χ0v) is 13.3. The average molecular weight is 325 g/mol. The fourth-order valence-electron chi connectivity index (χ4n) is 2.28. The monoisotopic (exact) mass is 325 g/mol. The molecule has 3 rings (SSSR count). The molecule has 0 radical (unpaired) electrons. The van der Waals surface area contributed by atoms with E-state index in [0.29, 0.717) is 11.4 Å². The molecule has 3 aromatic rings. The number of aromatic amines is 1. The number of halogens is 1. The van der Waals surface area contributed by atoms with Gasteiger partial charge < -0.3 is 10.1 Å². The molecule has 0 aliphatic heterocycles. The molecule has 0 aliphatic carbocycles. The van der Waals surface area contributed by atoms with Crippen molar-refractivity contribution in [3.8, 4) is 17.0 Å². The lowest BCUT2D eigenvalue weighted by Gasteiger charge is -2.09. The van der Waals surface area contributed by atoms with Crippen molar-refractivity contribution in [2.24, 2.45) is 0 Å². The Labute approximate surface area is 138 Å². The van der Waals surface area contributed by atoms with E-state index >= 15 is 0 Å². The van der Waals surface area contributed by atoms with Crippen LogP contribution in [0.15, 0.2) is 53.3 Å². The maximum atomic E-state index is 13.9. The highest BCUT2D eigenvalue weighted by atomic mass is 19.1. The molecule has 24 heavy (non-hydrogen) atoms. The van der Waals surface area contributed by atoms with Crippen LogP contribution in [0.2, 0.25) is 0 Å². The van der Waals surface area contributed by atoms with Crippen molar-refractivity contribution in [3.63, 3.8) is 0 Å². The summed E-state index contributed by atoms with van der Waals surface area (Å²) in [6.45, 7) is 1.80. The summed E-state index contributed by atoms with van der Waals surface area (Å²) in [5, 5.41) is 2.81. The number of H-pyrrole nitrogens is 1. The Kier molecular flexibility index (Phi) is 4.29. The lowest BCUT2D eigenvalue weighted by atomic mass is 10.1. The van der Waals surface area contributed by atoms with Crippen LogP contribution in [0, 0.1) is 12.7 Å². The Morgan fingerprint density at radius 3 is 2.54 bits per heavy atom. The number of ether oxygens (including phenoxy) is 1. The minimum atomic E-state index is -0.410. The normalized spacial score (nSPS) is 10.5. The first-order chi connectivity index (χ1) is 11.5. The van der Waals surface area contributed by atoms with Crippen molar-refractivity contribution in [3.05, 3.63) is 70.3 Å². The summed E-state index contributed by atoms with van der Waals surface area (Å²) < 4.78 is 19.1. The van der Waals surface area contributed by atoms with Crippen molar-refractivity contribution in [2.75, 3.05) is 12.4 Å². The van der Waals surface area contributed by atoms with E-state index in [2.05, 4.69) is 15.3 Å². The fraction of sp³-hybridized carbons (Fsp3) is 0.111. The van der Waals surface area contributed by atoms with Crippen LogP contribution in [0.4, 0.5) is 16.0 Å². The van der Waals surface area contributed by atoms with Gasteiger partial charge in [0.2, 0.25) is 5.95 Å². The zero-order chi connectivity index (χ0) is 17.1. The van der Waals surface area contributed by atoms with Crippen molar-refractivity contribution < 1.29 is 9.13 Å². The highest BCUT2D eigenvalue weighted by molar-refractivity contribution is 5.63. The standard InChI is InChI=1S/C18H16FN3O2/c1-11-3-8-15(14(19)9-11)20-18-21-16(10-17(23)22-18)12-4-6-13(24-2)7-5-12/h3-10H,1-2H3,(H2,20,21,22,23). The third-order valence-corrected chi connectivity index (χ3v) is 3.51. The largest absolute Gasteiger partial charge is 0.497 e. The van der Waals surface area contributed by atoms with E-state index in [9.17, 15) is 9.18 Å². The van der Waals surface area contributed by atoms with Crippen molar-refractivity contribution in [1.82, 2.24) is 9.97 Å². The molecule has 0 unspecified atom stereocenters. The smallest absolute Gasteiger partial charge is 0.252 e. The number of aryl methyl sites for hydroxylation is 1. The van der Waals surface area contributed by atoms with Crippen molar-refractivity contribution in [1.29, 1.82) is 0 Å². The Morgan fingerprint density at radius 2 is 1.88 bits per heavy atom. The van der Waals surface area contributed by atoms with Crippen LogP contribution >= 0.6 is 0 Å². The molecule has 0 saturated heterocycles. The molecule has 5 nitrogen and oxygen atoms in total. The van der Waals surface area contributed by atoms with Gasteiger partial charge in [-0.05, 0) is 48.9 Å². The van der Waals surface area contributed by atoms with Crippen LogP contribution in [-0.2, 0) is 0 Å². The van der Waals surface area contributed by atoms with Gasteiger partial charge in [-0.25, -0.2) is 9.37 Å². The molecule has 0 saturated carbocycles. The molecule has 0 amide bonds. The third kappa shape index (κ3) is 3.43. The Morgan fingerprint density at radius 1 is 1.12 bits per heavy atom. The van der Waals surface area contributed by atoms with Gasteiger partial charge in [0.25, 0.3) is 5.56 Å². The lowest BCUT2D eigenvalue weighted by Crippen LogP contribution is -2.11. The summed E-state index contributed by atoms with van der Waals surface area (Å²) in [4.78, 5) is 18.8. The van der Waals surface area contributed by atoms with Gasteiger partial charge in [-0.1, -0.05) is 6.07 Å². The molecule has 1 heterocycles. The van der Waals surface area contributed by atoms with Gasteiger partial charge >= 0.3 is 0 Å². The second-order valence-electron chi connectivity index (χ2n) is 5.32. The number of methoxy groups -OCH3 is 1. The number of aromatic nitrogens is 2. The number of benzene rings is 2. The molecule has 0 aliphatic rings. The molecule has 0 spiro atoms. The van der Waals surface area contributed by atoms with Crippen LogP contribution in [0.25, 0.3) is 11.3 Å². The predicted octanol–water partition coefficient (Wildman–Crippen LogP) is 3.64. The SMILES string of the molecule is COc1ccc(-c2cc(=O)[nH]c(Nc3ccc(C)cc3F)n2)cc1. The van der Waals surface area contributed by atoms with E-state index < -0.39 is 5.82 Å². The van der Waals surface area contributed by atoms with Crippen molar-refractivity contribution >= 4 is 11.6 Å². The summed E-state index contributed by atoms with van der Waals surface area (Å²) in [5.74, 6) is 0.479. The quantitative estimate of drug-likeness (QED) is 0.768. The lowest BCUT2D eigenvalue weighted by molar-refractivity contribution is 0.415. The van der Waals surface area contributed by atoms with Gasteiger partial charge in [0.15, 0.2) is 0 Å². The van der Waals surface area contributed by atoms with Gasteiger partial charge in [0, 0.05) is 11.6 Å². The summed E-state index contributed by atoms with van der Waals surface area (Å²) in [6, 6.07) is 13.3. The van der Waals surface area contributed by atoms with E-state index in [4.69, 9.17) is 4.74 Å². The summed E-state index contributed by atoms with van der Waals surface area (Å²) >= 11 is 0. The number of nitrogens with zero attached hydrogens (tertiary/aromatic N) is 1. The van der Waals surface area contributed by atoms with Gasteiger partial charge in [-0.3, -0.25) is 9.78 Å². The van der Waals surface area contributed by atoms with Gasteiger partial charge in [-0.15, -0.1) is 0 Å².